The van der Waals surface area contributed by atoms with Crippen molar-refractivity contribution in [3.8, 4) is 11.8 Å². The van der Waals surface area contributed by atoms with Gasteiger partial charge in [-0.2, -0.15) is 23.4 Å². The van der Waals surface area contributed by atoms with Gasteiger partial charge in [0.2, 0.25) is 17.8 Å². The average Bonchev–Trinajstić information content (AvgIpc) is 2.84. The fourth-order valence-corrected chi connectivity index (χ4v) is 3.78. The van der Waals surface area contributed by atoms with Crippen LogP contribution in [0, 0.1) is 11.3 Å². The van der Waals surface area contributed by atoms with E-state index in [-0.39, 0.29) is 17.2 Å². The second kappa shape index (κ2) is 10.5. The first-order valence-electron chi connectivity index (χ1n) is 11.1. The van der Waals surface area contributed by atoms with E-state index in [0.29, 0.717) is 49.2 Å². The molecule has 0 unspecified atom stereocenters. The molecule has 2 N–H and O–H groups in total. The number of hydrogen-bond acceptors (Lipinski definition) is 8. The molecule has 0 saturated carbocycles. The average molecular weight is 497 g/mol. The third kappa shape index (κ3) is 6.18. The lowest BCUT2D eigenvalue weighted by atomic mass is 10.1. The molecule has 0 bridgehead atoms. The van der Waals surface area contributed by atoms with Crippen LogP contribution < -0.4 is 20.3 Å². The number of aromatic nitrogens is 3. The van der Waals surface area contributed by atoms with Crippen molar-refractivity contribution < 1.29 is 22.7 Å². The van der Waals surface area contributed by atoms with E-state index in [0.717, 1.165) is 6.07 Å². The summed E-state index contributed by atoms with van der Waals surface area (Å²) in [6, 6.07) is 12.1. The van der Waals surface area contributed by atoms with Gasteiger partial charge in [-0.15, -0.1) is 0 Å². The maximum atomic E-state index is 13.4. The first-order valence-corrected chi connectivity index (χ1v) is 11.1. The number of benzene rings is 2. The maximum Gasteiger partial charge on any atom is 0.420 e. The molecule has 4 rings (SSSR count). The Morgan fingerprint density at radius 3 is 2.58 bits per heavy atom. The predicted octanol–water partition coefficient (Wildman–Crippen LogP) is 4.51. The van der Waals surface area contributed by atoms with Crippen LogP contribution in [0.1, 0.15) is 30.9 Å². The molecular weight excluding hydrogens is 475 g/mol. The fourth-order valence-electron chi connectivity index (χ4n) is 3.78. The lowest BCUT2D eigenvalue weighted by Crippen LogP contribution is -2.39. The van der Waals surface area contributed by atoms with Gasteiger partial charge in [-0.05, 0) is 36.4 Å². The van der Waals surface area contributed by atoms with E-state index >= 15 is 0 Å². The summed E-state index contributed by atoms with van der Waals surface area (Å²) in [6.07, 6.45) is -2.75. The zero-order valence-electron chi connectivity index (χ0n) is 19.2. The zero-order valence-corrected chi connectivity index (χ0v) is 19.2. The number of nitrogens with one attached hydrogen (secondary N) is 2. The van der Waals surface area contributed by atoms with E-state index in [2.05, 4.69) is 25.6 Å². The summed E-state index contributed by atoms with van der Waals surface area (Å²) in [7, 11) is 0. The number of halogens is 3. The number of anilines is 4. The van der Waals surface area contributed by atoms with Gasteiger partial charge in [0.1, 0.15) is 18.2 Å². The van der Waals surface area contributed by atoms with Crippen molar-refractivity contribution in [1.82, 2.24) is 15.0 Å². The van der Waals surface area contributed by atoms with E-state index in [9.17, 15) is 18.0 Å². The molecule has 0 radical (unpaired) electrons. The fraction of sp³-hybridized carbons (Fsp3) is 0.292. The third-order valence-electron chi connectivity index (χ3n) is 5.43. The summed E-state index contributed by atoms with van der Waals surface area (Å²) in [5, 5.41) is 14.7. The molecule has 1 fully saturated rings. The highest BCUT2D eigenvalue weighted by molar-refractivity contribution is 5.89. The van der Waals surface area contributed by atoms with E-state index in [1.54, 1.807) is 30.3 Å². The standard InChI is InChI=1S/C24H22F3N7O2/c1-15(35)31-17-3-2-4-18(12-17)32-22-29-14-30-23(33-22)34-9-7-19(8-10-34)36-21-6-5-16(13-28)11-20(21)24(25,26)27/h2-6,11-12,14,19H,7-10H2,1H3,(H,31,35)(H,29,30,32,33). The number of carbonyl (C=O) groups is 1. The molecule has 0 aliphatic carbocycles. The van der Waals surface area contributed by atoms with E-state index < -0.39 is 17.8 Å². The number of carbonyl (C=O) groups excluding carboxylic acids is 1. The molecule has 1 aliphatic heterocycles. The topological polar surface area (TPSA) is 116 Å². The normalized spacial score (nSPS) is 14.1. The third-order valence-corrected chi connectivity index (χ3v) is 5.43. The lowest BCUT2D eigenvalue weighted by Gasteiger charge is -2.32. The van der Waals surface area contributed by atoms with Crippen LogP contribution in [0.15, 0.2) is 48.8 Å². The predicted molar refractivity (Wildman–Crippen MR) is 126 cm³/mol. The number of nitriles is 1. The maximum absolute atomic E-state index is 13.4. The second-order valence-electron chi connectivity index (χ2n) is 8.12. The highest BCUT2D eigenvalue weighted by Gasteiger charge is 2.36. The van der Waals surface area contributed by atoms with E-state index in [1.165, 1.54) is 25.4 Å². The van der Waals surface area contributed by atoms with Crippen LogP contribution in [-0.2, 0) is 11.0 Å². The van der Waals surface area contributed by atoms with Gasteiger partial charge in [0.25, 0.3) is 0 Å². The Morgan fingerprint density at radius 2 is 1.89 bits per heavy atom. The smallest absolute Gasteiger partial charge is 0.420 e. The number of rotatable bonds is 6. The van der Waals surface area contributed by atoms with Gasteiger partial charge in [-0.3, -0.25) is 4.79 Å². The van der Waals surface area contributed by atoms with E-state index in [1.807, 2.05) is 4.90 Å². The lowest BCUT2D eigenvalue weighted by molar-refractivity contribution is -0.139. The van der Waals surface area contributed by atoms with E-state index in [4.69, 9.17) is 10.00 Å². The van der Waals surface area contributed by atoms with Crippen LogP contribution in [0.5, 0.6) is 5.75 Å². The van der Waals surface area contributed by atoms with Crippen molar-refractivity contribution in [3.63, 3.8) is 0 Å². The number of hydrogen-bond donors (Lipinski definition) is 2. The van der Waals surface area contributed by atoms with Gasteiger partial charge in [0.15, 0.2) is 0 Å². The van der Waals surface area contributed by atoms with Crippen molar-refractivity contribution in [1.29, 1.82) is 5.26 Å². The number of ether oxygens (including phenoxy) is 1. The molecule has 2 aromatic carbocycles. The van der Waals surface area contributed by atoms with Crippen LogP contribution in [0.4, 0.5) is 36.4 Å². The molecule has 0 atom stereocenters. The minimum absolute atomic E-state index is 0.0782. The summed E-state index contributed by atoms with van der Waals surface area (Å²) in [5.41, 5.74) is 0.263. The van der Waals surface area contributed by atoms with Crippen molar-refractivity contribution in [2.24, 2.45) is 0 Å². The van der Waals surface area contributed by atoms with Crippen molar-refractivity contribution in [2.75, 3.05) is 28.6 Å². The summed E-state index contributed by atoms with van der Waals surface area (Å²) in [4.78, 5) is 26.0. The number of alkyl halides is 3. The van der Waals surface area contributed by atoms with Crippen LogP contribution >= 0.6 is 0 Å². The number of piperidine rings is 1. The summed E-state index contributed by atoms with van der Waals surface area (Å²) in [6.45, 7) is 2.37. The molecule has 36 heavy (non-hydrogen) atoms. The number of amides is 1. The first-order chi connectivity index (χ1) is 17.2. The Balaban J connectivity index is 1.39. The Morgan fingerprint density at radius 1 is 1.14 bits per heavy atom. The van der Waals surface area contributed by atoms with Crippen LogP contribution in [0.3, 0.4) is 0 Å². The van der Waals surface area contributed by atoms with Gasteiger partial charge < -0.3 is 20.3 Å². The minimum Gasteiger partial charge on any atom is -0.490 e. The van der Waals surface area contributed by atoms with Gasteiger partial charge in [0, 0.05) is 44.2 Å². The Labute approximate surface area is 205 Å². The van der Waals surface area contributed by atoms with Crippen molar-refractivity contribution in [3.05, 3.63) is 59.9 Å². The Hall–Kier alpha value is -4.40. The number of nitrogens with zero attached hydrogens (tertiary/aromatic N) is 5. The zero-order chi connectivity index (χ0) is 25.7. The van der Waals surface area contributed by atoms with Crippen molar-refractivity contribution in [2.45, 2.75) is 32.0 Å². The Bertz CT molecular complexity index is 1290. The molecule has 9 nitrogen and oxygen atoms in total. The molecule has 1 aliphatic rings. The van der Waals surface area contributed by atoms with Crippen molar-refractivity contribution >= 4 is 29.2 Å². The van der Waals surface area contributed by atoms with Crippen LogP contribution in [0.2, 0.25) is 0 Å². The molecule has 186 valence electrons. The quantitative estimate of drug-likeness (QED) is 0.511. The molecule has 2 heterocycles. The SMILES string of the molecule is CC(=O)Nc1cccc(Nc2ncnc(N3CCC(Oc4ccc(C#N)cc4C(F)(F)F)CC3)n2)c1. The minimum atomic E-state index is -4.63. The first kappa shape index (κ1) is 24.7. The molecule has 12 heteroatoms. The largest absolute Gasteiger partial charge is 0.490 e. The molecule has 1 amide bonds. The Kier molecular flexibility index (Phi) is 7.19. The van der Waals surface area contributed by atoms with Crippen LogP contribution in [-0.4, -0.2) is 40.1 Å². The molecule has 1 saturated heterocycles. The second-order valence-corrected chi connectivity index (χ2v) is 8.12. The molecule has 1 aromatic heterocycles. The molecule has 3 aromatic rings. The van der Waals surface area contributed by atoms with Crippen LogP contribution in [0.25, 0.3) is 0 Å². The molecule has 0 spiro atoms. The van der Waals surface area contributed by atoms with Gasteiger partial charge in [0.05, 0.1) is 17.2 Å². The molecular formula is C24H22F3N7O2. The van der Waals surface area contributed by atoms with Gasteiger partial charge in [-0.1, -0.05) is 6.07 Å². The summed E-state index contributed by atoms with van der Waals surface area (Å²) >= 11 is 0. The summed E-state index contributed by atoms with van der Waals surface area (Å²) < 4.78 is 46.0. The summed E-state index contributed by atoms with van der Waals surface area (Å²) in [5.74, 6) is 0.271. The van der Waals surface area contributed by atoms with Gasteiger partial charge in [-0.25, -0.2) is 9.97 Å². The highest BCUT2D eigenvalue weighted by Crippen LogP contribution is 2.38. The van der Waals surface area contributed by atoms with Gasteiger partial charge >= 0.3 is 6.18 Å². The highest BCUT2D eigenvalue weighted by atomic mass is 19.4. The monoisotopic (exact) mass is 497 g/mol.